The molecule has 2 N–H and O–H groups in total. The fourth-order valence-electron chi connectivity index (χ4n) is 1.58. The van der Waals surface area contributed by atoms with E-state index in [0.717, 1.165) is 18.0 Å². The second kappa shape index (κ2) is 4.26. The number of hydrogen-bond acceptors (Lipinski definition) is 4. The van der Waals surface area contributed by atoms with Crippen LogP contribution in [0.4, 0.5) is 11.4 Å². The smallest absolute Gasteiger partial charge is 0.105 e. The highest BCUT2D eigenvalue weighted by Crippen LogP contribution is 2.18. The van der Waals surface area contributed by atoms with Crippen LogP contribution < -0.4 is 10.6 Å². The molecule has 0 saturated heterocycles. The quantitative estimate of drug-likeness (QED) is 0.856. The second-order valence-electron chi connectivity index (χ2n) is 3.83. The van der Waals surface area contributed by atoms with Gasteiger partial charge in [-0.15, -0.1) is 0 Å². The average Bonchev–Trinajstić information content (AvgIpc) is 2.64. The van der Waals surface area contributed by atoms with E-state index in [1.807, 2.05) is 26.1 Å². The van der Waals surface area contributed by atoms with Gasteiger partial charge in [0.25, 0.3) is 0 Å². The first-order valence-corrected chi connectivity index (χ1v) is 5.11. The van der Waals surface area contributed by atoms with Crippen LogP contribution >= 0.6 is 0 Å². The molecule has 4 nitrogen and oxygen atoms in total. The minimum atomic E-state index is 0.674. The van der Waals surface area contributed by atoms with E-state index in [1.54, 1.807) is 18.7 Å². The van der Waals surface area contributed by atoms with Crippen molar-refractivity contribution in [2.24, 2.45) is 0 Å². The van der Waals surface area contributed by atoms with Crippen molar-refractivity contribution in [2.75, 3.05) is 17.7 Å². The zero-order chi connectivity index (χ0) is 11.5. The predicted octanol–water partition coefficient (Wildman–Crippen LogP) is 2.20. The summed E-state index contributed by atoms with van der Waals surface area (Å²) >= 11 is 0. The summed E-state index contributed by atoms with van der Waals surface area (Å²) in [5.74, 6) is 0.948. The highest BCUT2D eigenvalue weighted by molar-refractivity contribution is 5.53. The molecule has 0 saturated carbocycles. The Bertz CT molecular complexity index is 479. The number of rotatable bonds is 3. The van der Waals surface area contributed by atoms with Gasteiger partial charge in [-0.2, -0.15) is 0 Å². The molecule has 84 valence electrons. The van der Waals surface area contributed by atoms with Crippen molar-refractivity contribution in [3.63, 3.8) is 0 Å². The lowest BCUT2D eigenvalue weighted by Gasteiger charge is -2.18. The van der Waals surface area contributed by atoms with Gasteiger partial charge >= 0.3 is 0 Å². The minimum Gasteiger partial charge on any atom is -0.469 e. The Balaban J connectivity index is 2.14. The van der Waals surface area contributed by atoms with Crippen molar-refractivity contribution in [1.82, 2.24) is 4.98 Å². The third-order valence-electron chi connectivity index (χ3n) is 2.56. The maximum absolute atomic E-state index is 5.69. The lowest BCUT2D eigenvalue weighted by Crippen LogP contribution is -2.16. The van der Waals surface area contributed by atoms with Crippen LogP contribution in [0.15, 0.2) is 35.2 Å². The van der Waals surface area contributed by atoms with Gasteiger partial charge in [0.05, 0.1) is 23.8 Å². The standard InChI is InChI=1S/C12H15N3O/c1-9-10(3-4-16-9)8-15(2)12-5-11(13)6-14-7-12/h3-7H,8,13H2,1-2H3. The van der Waals surface area contributed by atoms with Crippen LogP contribution in [0.1, 0.15) is 11.3 Å². The molecule has 2 aromatic heterocycles. The molecule has 0 bridgehead atoms. The molecule has 0 spiro atoms. The first-order chi connectivity index (χ1) is 7.66. The van der Waals surface area contributed by atoms with Gasteiger partial charge in [0.1, 0.15) is 5.76 Å². The number of hydrogen-bond donors (Lipinski definition) is 1. The van der Waals surface area contributed by atoms with Gasteiger partial charge in [-0.25, -0.2) is 0 Å². The molecular weight excluding hydrogens is 202 g/mol. The van der Waals surface area contributed by atoms with Crippen LogP contribution in [0.25, 0.3) is 0 Å². The molecular formula is C12H15N3O. The zero-order valence-electron chi connectivity index (χ0n) is 9.47. The number of nitrogen functional groups attached to an aromatic ring is 1. The Kier molecular flexibility index (Phi) is 2.81. The molecule has 2 aromatic rings. The summed E-state index contributed by atoms with van der Waals surface area (Å²) in [6.07, 6.45) is 5.14. The number of aryl methyl sites for hydroxylation is 1. The summed E-state index contributed by atoms with van der Waals surface area (Å²) in [5.41, 5.74) is 8.54. The van der Waals surface area contributed by atoms with Gasteiger partial charge in [0.15, 0.2) is 0 Å². The first-order valence-electron chi connectivity index (χ1n) is 5.11. The third-order valence-corrected chi connectivity index (χ3v) is 2.56. The van der Waals surface area contributed by atoms with Crippen molar-refractivity contribution in [3.05, 3.63) is 42.1 Å². The highest BCUT2D eigenvalue weighted by Gasteiger charge is 2.06. The van der Waals surface area contributed by atoms with Gasteiger partial charge in [0.2, 0.25) is 0 Å². The summed E-state index contributed by atoms with van der Waals surface area (Å²) in [6, 6.07) is 3.88. The van der Waals surface area contributed by atoms with Crippen molar-refractivity contribution in [1.29, 1.82) is 0 Å². The van der Waals surface area contributed by atoms with Crippen LogP contribution in [0, 0.1) is 6.92 Å². The maximum atomic E-state index is 5.69. The van der Waals surface area contributed by atoms with Crippen molar-refractivity contribution >= 4 is 11.4 Å². The maximum Gasteiger partial charge on any atom is 0.105 e. The SMILES string of the molecule is Cc1occc1CN(C)c1cncc(N)c1. The Morgan fingerprint density at radius 3 is 2.88 bits per heavy atom. The van der Waals surface area contributed by atoms with Gasteiger partial charge in [-0.05, 0) is 19.1 Å². The highest BCUT2D eigenvalue weighted by atomic mass is 16.3. The van der Waals surface area contributed by atoms with E-state index in [1.165, 1.54) is 5.56 Å². The Hall–Kier alpha value is -1.97. The van der Waals surface area contributed by atoms with E-state index in [9.17, 15) is 0 Å². The van der Waals surface area contributed by atoms with E-state index in [0.29, 0.717) is 5.69 Å². The fraction of sp³-hybridized carbons (Fsp3) is 0.250. The molecule has 2 heterocycles. The zero-order valence-corrected chi connectivity index (χ0v) is 9.47. The summed E-state index contributed by atoms with van der Waals surface area (Å²) in [7, 11) is 2.00. The minimum absolute atomic E-state index is 0.674. The van der Waals surface area contributed by atoms with Gasteiger partial charge in [-0.3, -0.25) is 4.98 Å². The summed E-state index contributed by atoms with van der Waals surface area (Å²) < 4.78 is 5.26. The van der Waals surface area contributed by atoms with E-state index < -0.39 is 0 Å². The molecule has 4 heteroatoms. The van der Waals surface area contributed by atoms with Gasteiger partial charge in [0, 0.05) is 25.4 Å². The number of nitrogens with two attached hydrogens (primary N) is 1. The lowest BCUT2D eigenvalue weighted by atomic mass is 10.2. The van der Waals surface area contributed by atoms with Gasteiger partial charge in [-0.1, -0.05) is 0 Å². The molecule has 0 atom stereocenters. The summed E-state index contributed by atoms with van der Waals surface area (Å²) in [4.78, 5) is 6.15. The molecule has 2 rings (SSSR count). The van der Waals surface area contributed by atoms with Gasteiger partial charge < -0.3 is 15.1 Å². The fourth-order valence-corrected chi connectivity index (χ4v) is 1.58. The normalized spacial score (nSPS) is 10.4. The molecule has 0 aliphatic carbocycles. The van der Waals surface area contributed by atoms with Crippen molar-refractivity contribution in [3.8, 4) is 0 Å². The van der Waals surface area contributed by atoms with Crippen LogP contribution in [-0.2, 0) is 6.54 Å². The number of nitrogens with zero attached hydrogens (tertiary/aromatic N) is 2. The number of anilines is 2. The Labute approximate surface area is 94.7 Å². The molecule has 0 fully saturated rings. The molecule has 0 radical (unpaired) electrons. The third kappa shape index (κ3) is 2.16. The molecule has 0 amide bonds. The van der Waals surface area contributed by atoms with Crippen LogP contribution in [-0.4, -0.2) is 12.0 Å². The topological polar surface area (TPSA) is 55.3 Å². The van der Waals surface area contributed by atoms with E-state index in [-0.39, 0.29) is 0 Å². The predicted molar refractivity (Wildman–Crippen MR) is 64.2 cm³/mol. The van der Waals surface area contributed by atoms with E-state index in [4.69, 9.17) is 10.2 Å². The molecule has 0 aliphatic heterocycles. The van der Waals surface area contributed by atoms with Crippen LogP contribution in [0.2, 0.25) is 0 Å². The van der Waals surface area contributed by atoms with Crippen molar-refractivity contribution in [2.45, 2.75) is 13.5 Å². The molecule has 0 unspecified atom stereocenters. The summed E-state index contributed by atoms with van der Waals surface area (Å²) in [5, 5.41) is 0. The molecule has 16 heavy (non-hydrogen) atoms. The number of pyridine rings is 1. The first kappa shape index (κ1) is 10.5. The molecule has 0 aromatic carbocycles. The monoisotopic (exact) mass is 217 g/mol. The second-order valence-corrected chi connectivity index (χ2v) is 3.83. The largest absolute Gasteiger partial charge is 0.469 e. The molecule has 0 aliphatic rings. The number of furan rings is 1. The van der Waals surface area contributed by atoms with Crippen molar-refractivity contribution < 1.29 is 4.42 Å². The van der Waals surface area contributed by atoms with Crippen LogP contribution in [0.5, 0.6) is 0 Å². The Morgan fingerprint density at radius 2 is 2.25 bits per heavy atom. The van der Waals surface area contributed by atoms with E-state index >= 15 is 0 Å². The number of aromatic nitrogens is 1. The lowest BCUT2D eigenvalue weighted by molar-refractivity contribution is 0.529. The Morgan fingerprint density at radius 1 is 1.44 bits per heavy atom. The summed E-state index contributed by atoms with van der Waals surface area (Å²) in [6.45, 7) is 2.74. The van der Waals surface area contributed by atoms with Crippen LogP contribution in [0.3, 0.4) is 0 Å². The van der Waals surface area contributed by atoms with E-state index in [2.05, 4.69) is 9.88 Å². The average molecular weight is 217 g/mol.